The number of nitrogens with one attached hydrogen (secondary N) is 1. The second-order valence-corrected chi connectivity index (χ2v) is 7.72. The lowest BCUT2D eigenvalue weighted by atomic mass is 10.1. The molecule has 142 valence electrons. The molecule has 3 nitrogen and oxygen atoms in total. The number of amides is 1. The number of fused-ring (bicyclic) bond motifs is 1. The van der Waals surface area contributed by atoms with Gasteiger partial charge in [0.15, 0.2) is 0 Å². The number of hydrogen-bond acceptors (Lipinski definition) is 3. The molecule has 0 aliphatic rings. The van der Waals surface area contributed by atoms with E-state index in [1.54, 1.807) is 0 Å². The smallest absolute Gasteiger partial charge is 0.266 e. The highest BCUT2D eigenvalue weighted by molar-refractivity contribution is 7.21. The van der Waals surface area contributed by atoms with Gasteiger partial charge in [-0.2, -0.15) is 5.10 Å². The van der Waals surface area contributed by atoms with Gasteiger partial charge in [-0.1, -0.05) is 96.5 Å². The summed E-state index contributed by atoms with van der Waals surface area (Å²) in [5, 5.41) is 5.71. The van der Waals surface area contributed by atoms with Crippen LogP contribution in [0.3, 0.4) is 0 Å². The molecular weight excluding hydrogens is 400 g/mol. The average molecular weight is 417 g/mol. The molecule has 1 aromatic heterocycles. The van der Waals surface area contributed by atoms with Crippen LogP contribution in [-0.2, 0) is 0 Å². The van der Waals surface area contributed by atoms with Crippen molar-refractivity contribution in [1.29, 1.82) is 0 Å². The van der Waals surface area contributed by atoms with Gasteiger partial charge in [-0.3, -0.25) is 4.79 Å². The first kappa shape index (κ1) is 19.1. The zero-order chi connectivity index (χ0) is 20.1. The van der Waals surface area contributed by atoms with Crippen molar-refractivity contribution in [1.82, 2.24) is 5.43 Å². The molecule has 1 heterocycles. The first-order valence-corrected chi connectivity index (χ1v) is 10.3. The molecule has 5 heteroatoms. The van der Waals surface area contributed by atoms with Gasteiger partial charge in [0.1, 0.15) is 4.88 Å². The third-order valence-electron chi connectivity index (χ3n) is 4.32. The van der Waals surface area contributed by atoms with Gasteiger partial charge >= 0.3 is 0 Å². The van der Waals surface area contributed by atoms with E-state index in [-0.39, 0.29) is 5.91 Å². The molecule has 0 unspecified atom stereocenters. The first-order valence-electron chi connectivity index (χ1n) is 9.06. The third kappa shape index (κ3) is 4.45. The van der Waals surface area contributed by atoms with Crippen LogP contribution in [0.5, 0.6) is 0 Å². The van der Waals surface area contributed by atoms with E-state index in [4.69, 9.17) is 11.6 Å². The Labute approximate surface area is 178 Å². The van der Waals surface area contributed by atoms with Gasteiger partial charge in [0.25, 0.3) is 5.91 Å². The third-order valence-corrected chi connectivity index (χ3v) is 6.00. The summed E-state index contributed by atoms with van der Waals surface area (Å²) in [6.07, 6.45) is 3.85. The Hall–Kier alpha value is -3.21. The molecule has 4 rings (SSSR count). The minimum absolute atomic E-state index is 0.322. The number of carbonyl (C=O) groups excluding carboxylic acids is 1. The van der Waals surface area contributed by atoms with Crippen molar-refractivity contribution in [2.45, 2.75) is 0 Å². The second kappa shape index (κ2) is 8.86. The number of halogens is 1. The molecule has 1 N–H and O–H groups in total. The van der Waals surface area contributed by atoms with Crippen molar-refractivity contribution in [3.8, 4) is 0 Å². The van der Waals surface area contributed by atoms with E-state index in [0.717, 1.165) is 21.2 Å². The molecule has 0 aliphatic carbocycles. The molecule has 0 saturated carbocycles. The highest BCUT2D eigenvalue weighted by Gasteiger charge is 2.16. The Morgan fingerprint density at radius 2 is 1.55 bits per heavy atom. The van der Waals surface area contributed by atoms with E-state index in [1.165, 1.54) is 11.3 Å². The summed E-state index contributed by atoms with van der Waals surface area (Å²) in [7, 11) is 0. The van der Waals surface area contributed by atoms with Crippen LogP contribution >= 0.6 is 22.9 Å². The zero-order valence-corrected chi connectivity index (χ0v) is 17.0. The van der Waals surface area contributed by atoms with Crippen molar-refractivity contribution in [2.24, 2.45) is 5.10 Å². The lowest BCUT2D eigenvalue weighted by Gasteiger charge is -2.04. The van der Waals surface area contributed by atoms with Crippen LogP contribution in [-0.4, -0.2) is 11.6 Å². The van der Waals surface area contributed by atoms with Crippen molar-refractivity contribution in [3.63, 3.8) is 0 Å². The number of thiophene rings is 1. The summed E-state index contributed by atoms with van der Waals surface area (Å²) in [5.41, 5.74) is 5.27. The van der Waals surface area contributed by atoms with Gasteiger partial charge in [0, 0.05) is 15.6 Å². The fourth-order valence-corrected chi connectivity index (χ4v) is 4.27. The molecule has 0 atom stereocenters. The number of hydrogen-bond donors (Lipinski definition) is 1. The van der Waals surface area contributed by atoms with Crippen LogP contribution < -0.4 is 5.43 Å². The van der Waals surface area contributed by atoms with E-state index < -0.39 is 0 Å². The summed E-state index contributed by atoms with van der Waals surface area (Å²) in [5.74, 6) is -0.322. The lowest BCUT2D eigenvalue weighted by molar-refractivity contribution is 0.0959. The maximum atomic E-state index is 12.7. The highest BCUT2D eigenvalue weighted by Crippen LogP contribution is 2.34. The van der Waals surface area contributed by atoms with Crippen LogP contribution in [0.1, 0.15) is 20.8 Å². The van der Waals surface area contributed by atoms with E-state index in [1.807, 2.05) is 97.1 Å². The minimum atomic E-state index is -0.322. The molecule has 3 aromatic carbocycles. The topological polar surface area (TPSA) is 41.5 Å². The van der Waals surface area contributed by atoms with Gasteiger partial charge in [-0.05, 0) is 17.7 Å². The quantitative estimate of drug-likeness (QED) is 0.296. The summed E-state index contributed by atoms with van der Waals surface area (Å²) in [4.78, 5) is 13.2. The minimum Gasteiger partial charge on any atom is -0.266 e. The Balaban J connectivity index is 1.62. The maximum Gasteiger partial charge on any atom is 0.283 e. The van der Waals surface area contributed by atoms with Crippen molar-refractivity contribution in [2.75, 3.05) is 0 Å². The van der Waals surface area contributed by atoms with Gasteiger partial charge < -0.3 is 0 Å². The molecule has 0 fully saturated rings. The monoisotopic (exact) mass is 416 g/mol. The van der Waals surface area contributed by atoms with Crippen LogP contribution in [0, 0.1) is 0 Å². The molecule has 0 aliphatic heterocycles. The van der Waals surface area contributed by atoms with Crippen LogP contribution in [0.2, 0.25) is 5.02 Å². The summed E-state index contributed by atoms with van der Waals surface area (Å²) in [6.45, 7) is 0. The first-order chi connectivity index (χ1) is 14.2. The maximum absolute atomic E-state index is 12.7. The molecule has 0 bridgehead atoms. The molecule has 0 radical (unpaired) electrons. The molecule has 4 aromatic rings. The van der Waals surface area contributed by atoms with E-state index in [9.17, 15) is 4.79 Å². The number of nitrogens with zero attached hydrogens (tertiary/aromatic N) is 1. The standard InChI is InChI=1S/C24H17ClN2OS/c25-22-19-13-7-8-14-21(19)29-23(22)24(28)27-26-20(18-11-5-2-6-12-18)16-15-17-9-3-1-4-10-17/h1-16H,(H,27,28)/b16-15+,26-20?. The van der Waals surface area contributed by atoms with Gasteiger partial charge in [-0.25, -0.2) is 5.43 Å². The average Bonchev–Trinajstić information content (AvgIpc) is 3.12. The van der Waals surface area contributed by atoms with E-state index in [2.05, 4.69) is 10.5 Å². The number of rotatable bonds is 5. The fourth-order valence-electron chi connectivity index (χ4n) is 2.87. The van der Waals surface area contributed by atoms with E-state index in [0.29, 0.717) is 15.6 Å². The molecular formula is C24H17ClN2OS. The number of benzene rings is 3. The van der Waals surface area contributed by atoms with Gasteiger partial charge in [-0.15, -0.1) is 11.3 Å². The fraction of sp³-hybridized carbons (Fsp3) is 0. The Morgan fingerprint density at radius 1 is 0.897 bits per heavy atom. The summed E-state index contributed by atoms with van der Waals surface area (Å²) < 4.78 is 0.971. The van der Waals surface area contributed by atoms with Crippen molar-refractivity contribution >= 4 is 50.7 Å². The van der Waals surface area contributed by atoms with Crippen LogP contribution in [0.15, 0.2) is 96.1 Å². The Morgan fingerprint density at radius 3 is 2.28 bits per heavy atom. The molecule has 1 amide bonds. The number of hydrazone groups is 1. The van der Waals surface area contributed by atoms with Crippen molar-refractivity contribution in [3.05, 3.63) is 112 Å². The zero-order valence-electron chi connectivity index (χ0n) is 15.4. The molecule has 0 spiro atoms. The van der Waals surface area contributed by atoms with Gasteiger partial charge in [0.05, 0.1) is 10.7 Å². The summed E-state index contributed by atoms with van der Waals surface area (Å²) in [6, 6.07) is 27.3. The normalized spacial score (nSPS) is 11.8. The predicted octanol–water partition coefficient (Wildman–Crippen LogP) is 6.40. The Bertz CT molecular complexity index is 1200. The van der Waals surface area contributed by atoms with E-state index >= 15 is 0 Å². The molecule has 0 saturated heterocycles. The Kier molecular flexibility index (Phi) is 5.84. The number of allylic oxidation sites excluding steroid dienone is 1. The lowest BCUT2D eigenvalue weighted by Crippen LogP contribution is -2.18. The summed E-state index contributed by atoms with van der Waals surface area (Å²) >= 11 is 7.77. The predicted molar refractivity (Wildman–Crippen MR) is 123 cm³/mol. The SMILES string of the molecule is O=C(NN=C(/C=C/c1ccccc1)c1ccccc1)c1sc2ccccc2c1Cl. The number of carbonyl (C=O) groups is 1. The molecule has 29 heavy (non-hydrogen) atoms. The van der Waals surface area contributed by atoms with Crippen LogP contribution in [0.25, 0.3) is 16.2 Å². The van der Waals surface area contributed by atoms with Crippen molar-refractivity contribution < 1.29 is 4.79 Å². The largest absolute Gasteiger partial charge is 0.283 e. The van der Waals surface area contributed by atoms with Crippen LogP contribution in [0.4, 0.5) is 0 Å². The highest BCUT2D eigenvalue weighted by atomic mass is 35.5. The van der Waals surface area contributed by atoms with Gasteiger partial charge in [0.2, 0.25) is 0 Å². The second-order valence-electron chi connectivity index (χ2n) is 6.29.